The van der Waals surface area contributed by atoms with E-state index in [1.165, 1.54) is 24.3 Å². The SMILES string of the molecule is Cc1ccc(S(=O)(=O)Nc2nc3ccc(C)cc3nc2NCc2ccc(C(=O)O)cc2)cc1. The van der Waals surface area contributed by atoms with Crippen molar-refractivity contribution in [3.05, 3.63) is 89.0 Å². The highest BCUT2D eigenvalue weighted by atomic mass is 32.2. The topological polar surface area (TPSA) is 121 Å². The Morgan fingerprint density at radius 2 is 1.48 bits per heavy atom. The first-order valence-corrected chi connectivity index (χ1v) is 11.6. The number of carboxylic acids is 1. The average Bonchev–Trinajstić information content (AvgIpc) is 2.78. The number of aryl methyl sites for hydroxylation is 2. The minimum Gasteiger partial charge on any atom is -0.478 e. The Bertz CT molecular complexity index is 1430. The van der Waals surface area contributed by atoms with E-state index in [1.807, 2.05) is 26.0 Å². The predicted octanol–water partition coefficient (Wildman–Crippen LogP) is 4.36. The molecule has 0 amide bonds. The number of nitrogens with zero attached hydrogens (tertiary/aromatic N) is 2. The Hall–Kier alpha value is -3.98. The van der Waals surface area contributed by atoms with Crippen molar-refractivity contribution in [3.8, 4) is 0 Å². The average molecular weight is 463 g/mol. The minimum atomic E-state index is -3.89. The summed E-state index contributed by atoms with van der Waals surface area (Å²) in [6.45, 7) is 4.11. The quantitative estimate of drug-likeness (QED) is 0.373. The Morgan fingerprint density at radius 3 is 2.15 bits per heavy atom. The first-order valence-electron chi connectivity index (χ1n) is 10.2. The molecule has 0 saturated carbocycles. The fraction of sp³-hybridized carbons (Fsp3) is 0.125. The number of carboxylic acid groups (broad SMARTS) is 1. The van der Waals surface area contributed by atoms with Gasteiger partial charge in [-0.1, -0.05) is 35.9 Å². The third kappa shape index (κ3) is 5.09. The number of fused-ring (bicyclic) bond motifs is 1. The Labute approximate surface area is 191 Å². The maximum atomic E-state index is 13.0. The van der Waals surface area contributed by atoms with Gasteiger partial charge < -0.3 is 10.4 Å². The lowest BCUT2D eigenvalue weighted by Crippen LogP contribution is -2.16. The Morgan fingerprint density at radius 1 is 0.848 bits per heavy atom. The molecule has 0 bridgehead atoms. The molecule has 168 valence electrons. The number of aromatic nitrogens is 2. The van der Waals surface area contributed by atoms with Gasteiger partial charge in [-0.25, -0.2) is 23.2 Å². The zero-order valence-electron chi connectivity index (χ0n) is 18.0. The van der Waals surface area contributed by atoms with Gasteiger partial charge in [0.1, 0.15) is 0 Å². The molecule has 0 radical (unpaired) electrons. The van der Waals surface area contributed by atoms with Crippen LogP contribution in [-0.4, -0.2) is 29.5 Å². The second-order valence-electron chi connectivity index (χ2n) is 7.69. The van der Waals surface area contributed by atoms with Gasteiger partial charge in [0.15, 0.2) is 11.6 Å². The molecule has 3 aromatic carbocycles. The summed E-state index contributed by atoms with van der Waals surface area (Å²) in [5.41, 5.74) is 4.12. The third-order valence-corrected chi connectivity index (χ3v) is 6.40. The van der Waals surface area contributed by atoms with Gasteiger partial charge in [0.2, 0.25) is 0 Å². The molecule has 0 aliphatic heterocycles. The van der Waals surface area contributed by atoms with Gasteiger partial charge >= 0.3 is 5.97 Å². The molecular formula is C24H22N4O4S. The van der Waals surface area contributed by atoms with Crippen LogP contribution >= 0.6 is 0 Å². The van der Waals surface area contributed by atoms with Crippen molar-refractivity contribution in [2.45, 2.75) is 25.3 Å². The van der Waals surface area contributed by atoms with Crippen LogP contribution in [0.1, 0.15) is 27.0 Å². The Balaban J connectivity index is 1.68. The first-order chi connectivity index (χ1) is 15.7. The molecule has 9 heteroatoms. The number of carbonyl (C=O) groups is 1. The lowest BCUT2D eigenvalue weighted by atomic mass is 10.1. The van der Waals surface area contributed by atoms with Gasteiger partial charge in [-0.15, -0.1) is 0 Å². The number of benzene rings is 3. The first kappa shape index (κ1) is 22.2. The summed E-state index contributed by atoms with van der Waals surface area (Å²) in [4.78, 5) is 20.3. The summed E-state index contributed by atoms with van der Waals surface area (Å²) in [6.07, 6.45) is 0. The summed E-state index contributed by atoms with van der Waals surface area (Å²) in [5.74, 6) is -0.654. The molecule has 0 saturated heterocycles. The summed E-state index contributed by atoms with van der Waals surface area (Å²) in [6, 6.07) is 18.4. The normalized spacial score (nSPS) is 11.3. The number of nitrogens with one attached hydrogen (secondary N) is 2. The zero-order chi connectivity index (χ0) is 23.6. The van der Waals surface area contributed by atoms with Crippen LogP contribution in [0.4, 0.5) is 11.6 Å². The van der Waals surface area contributed by atoms with E-state index >= 15 is 0 Å². The van der Waals surface area contributed by atoms with Crippen LogP contribution in [-0.2, 0) is 16.6 Å². The van der Waals surface area contributed by atoms with Gasteiger partial charge in [0.25, 0.3) is 10.0 Å². The maximum Gasteiger partial charge on any atom is 0.335 e. The molecule has 0 atom stereocenters. The van der Waals surface area contributed by atoms with Gasteiger partial charge in [-0.2, -0.15) is 0 Å². The molecule has 1 aromatic heterocycles. The van der Waals surface area contributed by atoms with E-state index in [-0.39, 0.29) is 22.1 Å². The molecule has 0 fully saturated rings. The number of hydrogen-bond acceptors (Lipinski definition) is 6. The van der Waals surface area contributed by atoms with E-state index in [2.05, 4.69) is 20.0 Å². The molecule has 4 rings (SSSR count). The fourth-order valence-electron chi connectivity index (χ4n) is 3.21. The summed E-state index contributed by atoms with van der Waals surface area (Å²) >= 11 is 0. The van der Waals surface area contributed by atoms with E-state index in [1.54, 1.807) is 30.3 Å². The molecule has 0 spiro atoms. The third-order valence-electron chi connectivity index (χ3n) is 5.04. The van der Waals surface area contributed by atoms with E-state index in [0.717, 1.165) is 16.7 Å². The molecule has 3 N–H and O–H groups in total. The number of sulfonamides is 1. The number of rotatable bonds is 7. The van der Waals surface area contributed by atoms with Crippen molar-refractivity contribution in [2.75, 3.05) is 10.0 Å². The smallest absolute Gasteiger partial charge is 0.335 e. The minimum absolute atomic E-state index is 0.0779. The van der Waals surface area contributed by atoms with Gasteiger partial charge in [-0.3, -0.25) is 4.72 Å². The van der Waals surface area contributed by atoms with E-state index < -0.39 is 16.0 Å². The lowest BCUT2D eigenvalue weighted by molar-refractivity contribution is 0.0697. The largest absolute Gasteiger partial charge is 0.478 e. The monoisotopic (exact) mass is 462 g/mol. The molecule has 0 aliphatic carbocycles. The highest BCUT2D eigenvalue weighted by Crippen LogP contribution is 2.25. The summed E-state index contributed by atoms with van der Waals surface area (Å²) < 4.78 is 28.5. The highest BCUT2D eigenvalue weighted by Gasteiger charge is 2.19. The summed E-state index contributed by atoms with van der Waals surface area (Å²) in [7, 11) is -3.89. The van der Waals surface area contributed by atoms with Gasteiger partial charge in [-0.05, 0) is 61.4 Å². The second kappa shape index (κ2) is 8.87. The lowest BCUT2D eigenvalue weighted by Gasteiger charge is -2.14. The van der Waals surface area contributed by atoms with E-state index in [9.17, 15) is 13.2 Å². The van der Waals surface area contributed by atoms with E-state index in [4.69, 9.17) is 5.11 Å². The molecule has 8 nitrogen and oxygen atoms in total. The van der Waals surface area contributed by atoms with Crippen molar-refractivity contribution in [1.82, 2.24) is 9.97 Å². The molecular weight excluding hydrogens is 440 g/mol. The van der Waals surface area contributed by atoms with Gasteiger partial charge in [0, 0.05) is 6.54 Å². The van der Waals surface area contributed by atoms with Crippen LogP contribution < -0.4 is 10.0 Å². The maximum absolute atomic E-state index is 13.0. The van der Waals surface area contributed by atoms with Crippen molar-refractivity contribution in [3.63, 3.8) is 0 Å². The number of aromatic carboxylic acids is 1. The fourth-order valence-corrected chi connectivity index (χ4v) is 4.22. The van der Waals surface area contributed by atoms with Crippen LogP contribution in [0.2, 0.25) is 0 Å². The summed E-state index contributed by atoms with van der Waals surface area (Å²) in [5, 5.41) is 12.2. The molecule has 4 aromatic rings. The van der Waals surface area contributed by atoms with E-state index in [0.29, 0.717) is 17.6 Å². The highest BCUT2D eigenvalue weighted by molar-refractivity contribution is 7.92. The van der Waals surface area contributed by atoms with Gasteiger partial charge in [0.05, 0.1) is 21.5 Å². The predicted molar refractivity (Wildman–Crippen MR) is 127 cm³/mol. The number of hydrogen-bond donors (Lipinski definition) is 3. The van der Waals surface area contributed by atoms with Crippen LogP contribution in [0.15, 0.2) is 71.6 Å². The van der Waals surface area contributed by atoms with Crippen molar-refractivity contribution in [2.24, 2.45) is 0 Å². The van der Waals surface area contributed by atoms with Crippen LogP contribution in [0.5, 0.6) is 0 Å². The zero-order valence-corrected chi connectivity index (χ0v) is 18.8. The van der Waals surface area contributed by atoms with Crippen LogP contribution in [0, 0.1) is 13.8 Å². The molecule has 33 heavy (non-hydrogen) atoms. The number of anilines is 2. The Kier molecular flexibility index (Phi) is 5.97. The second-order valence-corrected chi connectivity index (χ2v) is 9.37. The van der Waals surface area contributed by atoms with Crippen molar-refractivity contribution < 1.29 is 18.3 Å². The van der Waals surface area contributed by atoms with Crippen LogP contribution in [0.25, 0.3) is 11.0 Å². The molecule has 0 unspecified atom stereocenters. The standard InChI is InChI=1S/C24H22N4O4S/c1-15-3-10-19(11-4-15)33(31,32)28-23-22(27-21-13-16(2)5-12-20(21)26-23)25-14-17-6-8-18(9-7-17)24(29)30/h3-13H,14H2,1-2H3,(H,25,27)(H,26,28)(H,29,30). The molecule has 1 heterocycles. The molecule has 0 aliphatic rings. The van der Waals surface area contributed by atoms with Crippen molar-refractivity contribution in [1.29, 1.82) is 0 Å². The van der Waals surface area contributed by atoms with Crippen LogP contribution in [0.3, 0.4) is 0 Å². The van der Waals surface area contributed by atoms with Crippen molar-refractivity contribution >= 4 is 38.7 Å².